The molecule has 11 heavy (non-hydrogen) atoms. The van der Waals surface area contributed by atoms with Crippen LogP contribution >= 0.6 is 11.6 Å². The first-order valence-corrected chi connectivity index (χ1v) is 3.31. The van der Waals surface area contributed by atoms with E-state index in [1.165, 1.54) is 0 Å². The number of anilines is 1. The molecule has 60 valence electrons. The van der Waals surface area contributed by atoms with Crippen LogP contribution in [0.2, 0.25) is 5.02 Å². The Hall–Kier alpha value is -0.830. The highest BCUT2D eigenvalue weighted by Crippen LogP contribution is 2.27. The molecule has 1 aromatic carbocycles. The van der Waals surface area contributed by atoms with Crippen LogP contribution in [0.25, 0.3) is 0 Å². The lowest BCUT2D eigenvalue weighted by molar-refractivity contribution is 0.509. The van der Waals surface area contributed by atoms with E-state index in [1.54, 1.807) is 6.92 Å². The lowest BCUT2D eigenvalue weighted by Gasteiger charge is -2.03. The third-order valence-electron chi connectivity index (χ3n) is 1.41. The fourth-order valence-corrected chi connectivity index (χ4v) is 0.967. The summed E-state index contributed by atoms with van der Waals surface area (Å²) in [6, 6.07) is 1.01. The maximum Gasteiger partial charge on any atom is 0.179 e. The van der Waals surface area contributed by atoms with Crippen molar-refractivity contribution in [2.45, 2.75) is 6.92 Å². The molecule has 0 aliphatic rings. The Morgan fingerprint density at radius 3 is 2.55 bits per heavy atom. The van der Waals surface area contributed by atoms with E-state index in [-0.39, 0.29) is 10.7 Å². The zero-order valence-corrected chi connectivity index (χ0v) is 6.54. The van der Waals surface area contributed by atoms with Crippen molar-refractivity contribution < 1.29 is 8.78 Å². The molecule has 0 aliphatic carbocycles. The average Bonchev–Trinajstić information content (AvgIpc) is 1.97. The summed E-state index contributed by atoms with van der Waals surface area (Å²) < 4.78 is 25.1. The molecule has 1 nitrogen and oxygen atoms in total. The molecule has 0 unspecified atom stereocenters. The van der Waals surface area contributed by atoms with E-state index in [1.807, 2.05) is 0 Å². The summed E-state index contributed by atoms with van der Waals surface area (Å²) in [6.07, 6.45) is 0. The van der Waals surface area contributed by atoms with Crippen molar-refractivity contribution in [2.24, 2.45) is 0 Å². The molecule has 2 N–H and O–H groups in total. The van der Waals surface area contributed by atoms with Gasteiger partial charge in [-0.2, -0.15) is 0 Å². The minimum Gasteiger partial charge on any atom is -0.397 e. The summed E-state index contributed by atoms with van der Waals surface area (Å²) in [4.78, 5) is 0. The van der Waals surface area contributed by atoms with E-state index in [4.69, 9.17) is 17.3 Å². The van der Waals surface area contributed by atoms with Crippen molar-refractivity contribution in [3.63, 3.8) is 0 Å². The average molecular weight is 178 g/mol. The molecule has 0 heterocycles. The molecular formula is C7H6ClF2N. The van der Waals surface area contributed by atoms with Gasteiger partial charge in [-0.1, -0.05) is 11.6 Å². The standard InChI is InChI=1S/C7H6ClF2N/c1-3-2-4(9)6(10)5(8)7(3)11/h2H,11H2,1H3. The number of hydrogen-bond donors (Lipinski definition) is 1. The normalized spacial score (nSPS) is 10.2. The largest absolute Gasteiger partial charge is 0.397 e. The van der Waals surface area contributed by atoms with Gasteiger partial charge in [0.25, 0.3) is 0 Å². The number of benzene rings is 1. The van der Waals surface area contributed by atoms with Gasteiger partial charge in [0, 0.05) is 0 Å². The van der Waals surface area contributed by atoms with Crippen molar-refractivity contribution >= 4 is 17.3 Å². The number of rotatable bonds is 0. The third kappa shape index (κ3) is 1.28. The molecule has 0 saturated carbocycles. The molecule has 0 radical (unpaired) electrons. The summed E-state index contributed by atoms with van der Waals surface area (Å²) in [5.74, 6) is -2.06. The van der Waals surface area contributed by atoms with Crippen molar-refractivity contribution in [3.05, 3.63) is 28.3 Å². The van der Waals surface area contributed by atoms with Crippen molar-refractivity contribution in [3.8, 4) is 0 Å². The van der Waals surface area contributed by atoms with Crippen LogP contribution in [-0.4, -0.2) is 0 Å². The van der Waals surface area contributed by atoms with Gasteiger partial charge in [-0.25, -0.2) is 8.78 Å². The van der Waals surface area contributed by atoms with Crippen LogP contribution in [-0.2, 0) is 0 Å². The monoisotopic (exact) mass is 177 g/mol. The van der Waals surface area contributed by atoms with Crippen LogP contribution in [0.1, 0.15) is 5.56 Å². The number of hydrogen-bond acceptors (Lipinski definition) is 1. The fraction of sp³-hybridized carbons (Fsp3) is 0.143. The minimum absolute atomic E-state index is 0.0885. The smallest absolute Gasteiger partial charge is 0.179 e. The van der Waals surface area contributed by atoms with Crippen LogP contribution in [0.3, 0.4) is 0 Å². The van der Waals surface area contributed by atoms with Crippen molar-refractivity contribution in [1.82, 2.24) is 0 Å². The van der Waals surface area contributed by atoms with Gasteiger partial charge in [0.1, 0.15) is 5.02 Å². The topological polar surface area (TPSA) is 26.0 Å². The first-order valence-electron chi connectivity index (χ1n) is 2.93. The second kappa shape index (κ2) is 2.66. The van der Waals surface area contributed by atoms with Crippen LogP contribution in [0.5, 0.6) is 0 Å². The van der Waals surface area contributed by atoms with E-state index in [0.717, 1.165) is 6.07 Å². The van der Waals surface area contributed by atoms with Gasteiger partial charge >= 0.3 is 0 Å². The summed E-state index contributed by atoms with van der Waals surface area (Å²) in [5, 5.41) is -0.345. The van der Waals surface area contributed by atoms with E-state index < -0.39 is 11.6 Å². The quantitative estimate of drug-likeness (QED) is 0.478. The lowest BCUT2D eigenvalue weighted by Crippen LogP contribution is -1.96. The van der Waals surface area contributed by atoms with Gasteiger partial charge in [0.05, 0.1) is 5.69 Å². The predicted molar refractivity (Wildman–Crippen MR) is 40.5 cm³/mol. The lowest BCUT2D eigenvalue weighted by atomic mass is 10.2. The van der Waals surface area contributed by atoms with E-state index in [9.17, 15) is 8.78 Å². The van der Waals surface area contributed by atoms with Crippen LogP contribution in [0.4, 0.5) is 14.5 Å². The van der Waals surface area contributed by atoms with E-state index >= 15 is 0 Å². The molecule has 1 rings (SSSR count). The summed E-state index contributed by atoms with van der Waals surface area (Å²) in [7, 11) is 0. The molecular weight excluding hydrogens is 172 g/mol. The molecule has 0 fully saturated rings. The van der Waals surface area contributed by atoms with Crippen LogP contribution < -0.4 is 5.73 Å². The Morgan fingerprint density at radius 1 is 1.45 bits per heavy atom. The maximum atomic E-state index is 12.6. The van der Waals surface area contributed by atoms with Gasteiger partial charge in [0.2, 0.25) is 0 Å². The maximum absolute atomic E-state index is 12.6. The van der Waals surface area contributed by atoms with Crippen molar-refractivity contribution in [2.75, 3.05) is 5.73 Å². The molecule has 0 aliphatic heterocycles. The third-order valence-corrected chi connectivity index (χ3v) is 1.78. The zero-order valence-electron chi connectivity index (χ0n) is 5.79. The molecule has 1 aromatic rings. The first kappa shape index (κ1) is 8.27. The highest BCUT2D eigenvalue weighted by molar-refractivity contribution is 6.33. The van der Waals surface area contributed by atoms with Gasteiger partial charge in [-0.15, -0.1) is 0 Å². The molecule has 4 heteroatoms. The molecule has 0 atom stereocenters. The molecule has 0 amide bonds. The predicted octanol–water partition coefficient (Wildman–Crippen LogP) is 2.51. The Bertz CT molecular complexity index is 273. The minimum atomic E-state index is -1.09. The highest BCUT2D eigenvalue weighted by Gasteiger charge is 2.11. The SMILES string of the molecule is Cc1cc(F)c(F)c(Cl)c1N. The zero-order chi connectivity index (χ0) is 8.59. The first-order chi connectivity index (χ1) is 5.04. The Morgan fingerprint density at radius 2 is 2.00 bits per heavy atom. The summed E-state index contributed by atoms with van der Waals surface area (Å²) in [6.45, 7) is 1.56. The van der Waals surface area contributed by atoms with Crippen LogP contribution in [0, 0.1) is 18.6 Å². The molecule has 0 saturated heterocycles. The highest BCUT2D eigenvalue weighted by atomic mass is 35.5. The summed E-state index contributed by atoms with van der Waals surface area (Å²) in [5.41, 5.74) is 5.84. The van der Waals surface area contributed by atoms with Gasteiger partial charge in [-0.3, -0.25) is 0 Å². The molecule has 0 aromatic heterocycles. The second-order valence-corrected chi connectivity index (χ2v) is 2.59. The number of nitrogen functional groups attached to an aromatic ring is 1. The molecule has 0 bridgehead atoms. The van der Waals surface area contributed by atoms with Gasteiger partial charge in [-0.05, 0) is 18.6 Å². The summed E-state index contributed by atoms with van der Waals surface area (Å²) >= 11 is 5.35. The van der Waals surface area contributed by atoms with Gasteiger partial charge in [0.15, 0.2) is 11.6 Å². The van der Waals surface area contributed by atoms with E-state index in [0.29, 0.717) is 5.56 Å². The number of halogens is 3. The molecule has 0 spiro atoms. The Kier molecular flexibility index (Phi) is 2.00. The fourth-order valence-electron chi connectivity index (χ4n) is 0.727. The van der Waals surface area contributed by atoms with Crippen LogP contribution in [0.15, 0.2) is 6.07 Å². The Labute approximate surface area is 67.8 Å². The second-order valence-electron chi connectivity index (χ2n) is 2.22. The van der Waals surface area contributed by atoms with E-state index in [2.05, 4.69) is 0 Å². The Balaban J connectivity index is 3.46. The number of nitrogens with two attached hydrogens (primary N) is 1. The van der Waals surface area contributed by atoms with Crippen molar-refractivity contribution in [1.29, 1.82) is 0 Å². The number of aryl methyl sites for hydroxylation is 1. The van der Waals surface area contributed by atoms with Gasteiger partial charge < -0.3 is 5.73 Å².